The molecule has 1 aromatic heterocycles. The maximum atomic E-state index is 13.2. The highest BCUT2D eigenvalue weighted by molar-refractivity contribution is 14.1. The van der Waals surface area contributed by atoms with Crippen molar-refractivity contribution in [2.75, 3.05) is 6.54 Å². The van der Waals surface area contributed by atoms with Gasteiger partial charge in [-0.1, -0.05) is 18.2 Å². The van der Waals surface area contributed by atoms with Crippen molar-refractivity contribution in [1.82, 2.24) is 5.32 Å². The molecule has 112 valence electrons. The molecule has 1 amide bonds. The number of fused-ring (bicyclic) bond motifs is 1. The van der Waals surface area contributed by atoms with Crippen molar-refractivity contribution in [3.63, 3.8) is 0 Å². The molecule has 0 fully saturated rings. The number of rotatable bonds is 4. The van der Waals surface area contributed by atoms with Crippen LogP contribution in [0.15, 0.2) is 47.8 Å². The van der Waals surface area contributed by atoms with Crippen molar-refractivity contribution < 1.29 is 9.18 Å². The van der Waals surface area contributed by atoms with E-state index in [4.69, 9.17) is 0 Å². The number of thiophene rings is 1. The smallest absolute Gasteiger partial charge is 0.252 e. The predicted molar refractivity (Wildman–Crippen MR) is 97.0 cm³/mol. The van der Waals surface area contributed by atoms with Gasteiger partial charge in [-0.15, -0.1) is 11.3 Å². The third kappa shape index (κ3) is 3.30. The Balaban J connectivity index is 1.65. The van der Waals surface area contributed by atoms with Gasteiger partial charge in [0.05, 0.1) is 5.56 Å². The molecule has 0 saturated heterocycles. The van der Waals surface area contributed by atoms with Crippen LogP contribution in [-0.2, 0) is 6.42 Å². The molecule has 0 aliphatic carbocycles. The number of benzene rings is 2. The molecule has 22 heavy (non-hydrogen) atoms. The molecule has 5 heteroatoms. The minimum Gasteiger partial charge on any atom is -0.352 e. The van der Waals surface area contributed by atoms with Crippen molar-refractivity contribution in [3.8, 4) is 0 Å². The number of carbonyl (C=O) groups is 1. The van der Waals surface area contributed by atoms with Gasteiger partial charge in [-0.3, -0.25) is 4.79 Å². The molecule has 0 spiro atoms. The Hall–Kier alpha value is -1.47. The quantitative estimate of drug-likeness (QED) is 0.608. The van der Waals surface area contributed by atoms with E-state index < -0.39 is 5.82 Å². The molecule has 0 radical (unpaired) electrons. The molecule has 0 aliphatic rings. The SMILES string of the molecule is O=C(NCCc1csc2ccccc12)c1cc(F)ccc1I. The summed E-state index contributed by atoms with van der Waals surface area (Å²) in [5.41, 5.74) is 1.62. The number of halogens is 2. The van der Waals surface area contributed by atoms with Gasteiger partial charge < -0.3 is 5.32 Å². The number of hydrogen-bond donors (Lipinski definition) is 1. The van der Waals surface area contributed by atoms with Gasteiger partial charge >= 0.3 is 0 Å². The second kappa shape index (κ2) is 6.75. The van der Waals surface area contributed by atoms with Crippen LogP contribution in [0.2, 0.25) is 0 Å². The summed E-state index contributed by atoms with van der Waals surface area (Å²) in [6, 6.07) is 12.5. The van der Waals surface area contributed by atoms with Gasteiger partial charge in [-0.25, -0.2) is 4.39 Å². The molecule has 3 rings (SSSR count). The van der Waals surface area contributed by atoms with Crippen LogP contribution < -0.4 is 5.32 Å². The number of amides is 1. The summed E-state index contributed by atoms with van der Waals surface area (Å²) in [7, 11) is 0. The topological polar surface area (TPSA) is 29.1 Å². The van der Waals surface area contributed by atoms with Crippen LogP contribution in [0, 0.1) is 9.39 Å². The summed E-state index contributed by atoms with van der Waals surface area (Å²) in [5, 5.41) is 6.23. The Morgan fingerprint density at radius 3 is 2.91 bits per heavy atom. The van der Waals surface area contributed by atoms with Gasteiger partial charge in [0.1, 0.15) is 5.82 Å². The first-order valence-corrected chi connectivity index (χ1v) is 8.79. The first-order valence-electron chi connectivity index (χ1n) is 6.83. The normalized spacial score (nSPS) is 10.8. The predicted octanol–water partition coefficient (Wildman–Crippen LogP) is 4.62. The van der Waals surface area contributed by atoms with Gasteiger partial charge in [-0.2, -0.15) is 0 Å². The van der Waals surface area contributed by atoms with E-state index in [1.807, 2.05) is 34.7 Å². The van der Waals surface area contributed by atoms with Gasteiger partial charge in [0.2, 0.25) is 0 Å². The minimum atomic E-state index is -0.394. The molecular weight excluding hydrogens is 412 g/mol. The zero-order valence-electron chi connectivity index (χ0n) is 11.6. The average molecular weight is 425 g/mol. The summed E-state index contributed by atoms with van der Waals surface area (Å²) < 4.78 is 15.2. The van der Waals surface area contributed by atoms with E-state index in [0.29, 0.717) is 12.1 Å². The summed E-state index contributed by atoms with van der Waals surface area (Å²) in [4.78, 5) is 12.1. The lowest BCUT2D eigenvalue weighted by Gasteiger charge is -2.07. The number of carbonyl (C=O) groups excluding carboxylic acids is 1. The highest BCUT2D eigenvalue weighted by Crippen LogP contribution is 2.25. The molecule has 3 aromatic rings. The summed E-state index contributed by atoms with van der Waals surface area (Å²) >= 11 is 3.75. The van der Waals surface area contributed by atoms with E-state index in [1.54, 1.807) is 17.4 Å². The lowest BCUT2D eigenvalue weighted by molar-refractivity contribution is 0.0953. The lowest BCUT2D eigenvalue weighted by Crippen LogP contribution is -2.26. The summed E-state index contributed by atoms with van der Waals surface area (Å²) in [6.07, 6.45) is 0.766. The zero-order valence-corrected chi connectivity index (χ0v) is 14.6. The van der Waals surface area contributed by atoms with Crippen LogP contribution in [0.4, 0.5) is 4.39 Å². The fraction of sp³-hybridized carbons (Fsp3) is 0.118. The highest BCUT2D eigenvalue weighted by Gasteiger charge is 2.11. The maximum Gasteiger partial charge on any atom is 0.252 e. The van der Waals surface area contributed by atoms with Gasteiger partial charge in [0.25, 0.3) is 5.91 Å². The molecule has 0 bridgehead atoms. The number of nitrogens with one attached hydrogen (secondary N) is 1. The third-order valence-corrected chi connectivity index (χ3v) is 5.37. The first-order chi connectivity index (χ1) is 10.6. The van der Waals surface area contributed by atoms with Crippen LogP contribution in [0.1, 0.15) is 15.9 Å². The van der Waals surface area contributed by atoms with Crippen molar-refractivity contribution in [2.45, 2.75) is 6.42 Å². The summed E-state index contributed by atoms with van der Waals surface area (Å²) in [6.45, 7) is 0.534. The van der Waals surface area contributed by atoms with E-state index in [2.05, 4.69) is 22.8 Å². The van der Waals surface area contributed by atoms with Crippen molar-refractivity contribution in [2.24, 2.45) is 0 Å². The van der Waals surface area contributed by atoms with Crippen LogP contribution in [0.5, 0.6) is 0 Å². The van der Waals surface area contributed by atoms with E-state index in [9.17, 15) is 9.18 Å². The van der Waals surface area contributed by atoms with Crippen molar-refractivity contribution in [3.05, 3.63) is 68.4 Å². The van der Waals surface area contributed by atoms with E-state index >= 15 is 0 Å². The third-order valence-electron chi connectivity index (χ3n) is 3.41. The Morgan fingerprint density at radius 2 is 2.05 bits per heavy atom. The van der Waals surface area contributed by atoms with Crippen molar-refractivity contribution >= 4 is 49.9 Å². The molecule has 0 saturated carbocycles. The highest BCUT2D eigenvalue weighted by atomic mass is 127. The Bertz CT molecular complexity index is 830. The summed E-state index contributed by atoms with van der Waals surface area (Å²) in [5.74, 6) is -0.627. The van der Waals surface area contributed by atoms with Crippen LogP contribution in [0.3, 0.4) is 0 Å². The molecule has 0 atom stereocenters. The fourth-order valence-corrected chi connectivity index (χ4v) is 3.88. The number of hydrogen-bond acceptors (Lipinski definition) is 2. The largest absolute Gasteiger partial charge is 0.352 e. The average Bonchev–Trinajstić information content (AvgIpc) is 2.93. The Kier molecular flexibility index (Phi) is 4.73. The fourth-order valence-electron chi connectivity index (χ4n) is 2.30. The minimum absolute atomic E-state index is 0.233. The Labute approximate surface area is 145 Å². The first kappa shape index (κ1) is 15.4. The standard InChI is InChI=1S/C17H13FINOS/c18-12-5-6-15(19)14(9-12)17(21)20-8-7-11-10-22-16-4-2-1-3-13(11)16/h1-6,9-10H,7-8H2,(H,20,21). The van der Waals surface area contributed by atoms with Gasteiger partial charge in [0.15, 0.2) is 0 Å². The second-order valence-electron chi connectivity index (χ2n) is 4.89. The molecule has 1 heterocycles. The van der Waals surface area contributed by atoms with E-state index in [0.717, 1.165) is 9.99 Å². The monoisotopic (exact) mass is 425 g/mol. The van der Waals surface area contributed by atoms with Crippen molar-refractivity contribution in [1.29, 1.82) is 0 Å². The van der Waals surface area contributed by atoms with Crippen LogP contribution >= 0.6 is 33.9 Å². The van der Waals surface area contributed by atoms with E-state index in [1.165, 1.54) is 27.8 Å². The molecule has 2 aromatic carbocycles. The molecule has 1 N–H and O–H groups in total. The van der Waals surface area contributed by atoms with Crippen LogP contribution in [0.25, 0.3) is 10.1 Å². The maximum absolute atomic E-state index is 13.2. The second-order valence-corrected chi connectivity index (χ2v) is 6.96. The van der Waals surface area contributed by atoms with E-state index in [-0.39, 0.29) is 5.91 Å². The Morgan fingerprint density at radius 1 is 1.23 bits per heavy atom. The van der Waals surface area contributed by atoms with Crippen LogP contribution in [-0.4, -0.2) is 12.5 Å². The molecular formula is C17H13FINOS. The molecule has 0 aliphatic heterocycles. The van der Waals surface area contributed by atoms with Gasteiger partial charge in [-0.05, 0) is 69.6 Å². The van der Waals surface area contributed by atoms with Gasteiger partial charge in [0, 0.05) is 14.8 Å². The zero-order chi connectivity index (χ0) is 15.5. The lowest BCUT2D eigenvalue weighted by atomic mass is 10.1. The molecule has 2 nitrogen and oxygen atoms in total. The molecule has 0 unspecified atom stereocenters.